The normalized spacial score (nSPS) is 10.8. The van der Waals surface area contributed by atoms with Crippen molar-refractivity contribution < 1.29 is 18.7 Å². The zero-order chi connectivity index (χ0) is 18.7. The highest BCUT2D eigenvalue weighted by Gasteiger charge is 2.13. The monoisotopic (exact) mass is 356 g/mol. The number of hydrogen-bond acceptors (Lipinski definition) is 3. The molecule has 3 rings (SSSR count). The van der Waals surface area contributed by atoms with Crippen molar-refractivity contribution in [3.05, 3.63) is 59.0 Å². The van der Waals surface area contributed by atoms with Crippen LogP contribution >= 0.6 is 0 Å². The Balaban J connectivity index is 1.70. The molecule has 3 aromatic rings. The van der Waals surface area contributed by atoms with E-state index in [0.29, 0.717) is 35.5 Å². The summed E-state index contributed by atoms with van der Waals surface area (Å²) in [5.74, 6) is 0.601. The molecule has 0 unspecified atom stereocenters. The summed E-state index contributed by atoms with van der Waals surface area (Å²) in [5.41, 5.74) is 2.91. The van der Waals surface area contributed by atoms with Gasteiger partial charge in [0.2, 0.25) is 0 Å². The number of aromatic nitrogens is 1. The van der Waals surface area contributed by atoms with Crippen molar-refractivity contribution in [3.8, 4) is 11.5 Å². The van der Waals surface area contributed by atoms with Crippen LogP contribution in [0.1, 0.15) is 21.6 Å². The summed E-state index contributed by atoms with van der Waals surface area (Å²) in [5, 5.41) is 3.74. The molecule has 0 saturated carbocycles. The molecule has 2 aromatic carbocycles. The van der Waals surface area contributed by atoms with Gasteiger partial charge in [-0.1, -0.05) is 12.1 Å². The summed E-state index contributed by atoms with van der Waals surface area (Å²) in [7, 11) is 3.07. The first-order valence-electron chi connectivity index (χ1n) is 8.31. The lowest BCUT2D eigenvalue weighted by atomic mass is 10.1. The number of para-hydroxylation sites is 1. The number of H-pyrrole nitrogens is 1. The fourth-order valence-electron chi connectivity index (χ4n) is 3.07. The van der Waals surface area contributed by atoms with Crippen LogP contribution in [-0.4, -0.2) is 31.7 Å². The van der Waals surface area contributed by atoms with E-state index in [2.05, 4.69) is 10.3 Å². The number of nitrogens with one attached hydrogen (secondary N) is 2. The molecule has 0 aliphatic heterocycles. The predicted molar refractivity (Wildman–Crippen MR) is 98.6 cm³/mol. The highest BCUT2D eigenvalue weighted by Crippen LogP contribution is 2.27. The molecule has 0 aliphatic carbocycles. The van der Waals surface area contributed by atoms with E-state index in [1.165, 1.54) is 13.2 Å². The molecule has 0 radical (unpaired) electrons. The lowest BCUT2D eigenvalue weighted by molar-refractivity contribution is 0.0953. The second-order valence-electron chi connectivity index (χ2n) is 5.97. The number of rotatable bonds is 6. The first kappa shape index (κ1) is 17.8. The van der Waals surface area contributed by atoms with Gasteiger partial charge in [-0.2, -0.15) is 0 Å². The van der Waals surface area contributed by atoms with E-state index in [1.54, 1.807) is 31.4 Å². The van der Waals surface area contributed by atoms with E-state index in [1.807, 2.05) is 13.0 Å². The van der Waals surface area contributed by atoms with Gasteiger partial charge >= 0.3 is 0 Å². The van der Waals surface area contributed by atoms with Crippen molar-refractivity contribution in [2.45, 2.75) is 13.3 Å². The number of carbonyl (C=O) groups excluding carboxylic acids is 1. The highest BCUT2D eigenvalue weighted by atomic mass is 19.1. The molecule has 0 bridgehead atoms. The number of benzene rings is 2. The Morgan fingerprint density at radius 3 is 2.65 bits per heavy atom. The Kier molecular flexibility index (Phi) is 5.11. The van der Waals surface area contributed by atoms with Crippen molar-refractivity contribution in [2.75, 3.05) is 20.8 Å². The lowest BCUT2D eigenvalue weighted by Gasteiger charge is -2.10. The summed E-state index contributed by atoms with van der Waals surface area (Å²) in [6.45, 7) is 2.35. The van der Waals surface area contributed by atoms with Crippen molar-refractivity contribution in [1.29, 1.82) is 0 Å². The number of carbonyl (C=O) groups is 1. The summed E-state index contributed by atoms with van der Waals surface area (Å²) in [6, 6.07) is 10.0. The molecule has 1 heterocycles. The summed E-state index contributed by atoms with van der Waals surface area (Å²) in [6.07, 6.45) is 0.605. The minimum absolute atomic E-state index is 0.199. The zero-order valence-corrected chi connectivity index (χ0v) is 15.0. The highest BCUT2D eigenvalue weighted by molar-refractivity contribution is 5.95. The third-order valence-electron chi connectivity index (χ3n) is 4.41. The Morgan fingerprint density at radius 1 is 1.15 bits per heavy atom. The van der Waals surface area contributed by atoms with Crippen LogP contribution < -0.4 is 14.8 Å². The number of hydrogen-bond donors (Lipinski definition) is 2. The molecule has 1 amide bonds. The number of aryl methyl sites for hydroxylation is 1. The van der Waals surface area contributed by atoms with Gasteiger partial charge in [-0.25, -0.2) is 4.39 Å². The SMILES string of the molecule is COc1ccc(C(=O)NCCc2c(C)[nH]c3c(F)cccc23)cc1OC. The average molecular weight is 356 g/mol. The van der Waals surface area contributed by atoms with Crippen LogP contribution in [0.25, 0.3) is 10.9 Å². The Bertz CT molecular complexity index is 950. The molecule has 0 atom stereocenters. The number of amides is 1. The number of fused-ring (bicyclic) bond motifs is 1. The maximum absolute atomic E-state index is 13.9. The summed E-state index contributed by atoms with van der Waals surface area (Å²) in [4.78, 5) is 15.4. The molecule has 2 N–H and O–H groups in total. The van der Waals surface area contributed by atoms with Gasteiger partial charge in [0.1, 0.15) is 5.82 Å². The van der Waals surface area contributed by atoms with Crippen molar-refractivity contribution in [3.63, 3.8) is 0 Å². The number of aromatic amines is 1. The van der Waals surface area contributed by atoms with E-state index >= 15 is 0 Å². The Hall–Kier alpha value is -3.02. The van der Waals surface area contributed by atoms with Gasteiger partial charge in [-0.3, -0.25) is 4.79 Å². The lowest BCUT2D eigenvalue weighted by Crippen LogP contribution is -2.25. The molecule has 6 heteroatoms. The maximum Gasteiger partial charge on any atom is 0.251 e. The first-order valence-corrected chi connectivity index (χ1v) is 8.31. The summed E-state index contributed by atoms with van der Waals surface area (Å²) >= 11 is 0. The van der Waals surface area contributed by atoms with Crippen LogP contribution in [0.3, 0.4) is 0 Å². The van der Waals surface area contributed by atoms with Crippen LogP contribution in [0.15, 0.2) is 36.4 Å². The quantitative estimate of drug-likeness (QED) is 0.709. The molecule has 0 fully saturated rings. The van der Waals surface area contributed by atoms with E-state index < -0.39 is 0 Å². The molecular formula is C20H21FN2O3. The van der Waals surface area contributed by atoms with Crippen molar-refractivity contribution in [1.82, 2.24) is 10.3 Å². The molecule has 0 aliphatic rings. The number of ether oxygens (including phenoxy) is 2. The molecule has 136 valence electrons. The Morgan fingerprint density at radius 2 is 1.92 bits per heavy atom. The fraction of sp³-hybridized carbons (Fsp3) is 0.250. The molecule has 0 spiro atoms. The van der Waals surface area contributed by atoms with Crippen LogP contribution in [0.4, 0.5) is 4.39 Å². The summed E-state index contributed by atoms with van der Waals surface area (Å²) < 4.78 is 24.3. The van der Waals surface area contributed by atoms with Gasteiger partial charge in [-0.15, -0.1) is 0 Å². The fourth-order valence-corrected chi connectivity index (χ4v) is 3.07. The smallest absolute Gasteiger partial charge is 0.251 e. The number of methoxy groups -OCH3 is 2. The third-order valence-corrected chi connectivity index (χ3v) is 4.41. The van der Waals surface area contributed by atoms with Crippen molar-refractivity contribution >= 4 is 16.8 Å². The second kappa shape index (κ2) is 7.47. The van der Waals surface area contributed by atoms with Gasteiger partial charge in [0.25, 0.3) is 5.91 Å². The molecule has 26 heavy (non-hydrogen) atoms. The third kappa shape index (κ3) is 3.35. The average Bonchev–Trinajstić information content (AvgIpc) is 2.98. The molecular weight excluding hydrogens is 335 g/mol. The van der Waals surface area contributed by atoms with Crippen LogP contribution in [-0.2, 0) is 6.42 Å². The zero-order valence-electron chi connectivity index (χ0n) is 15.0. The topological polar surface area (TPSA) is 63.3 Å². The first-order chi connectivity index (χ1) is 12.5. The van der Waals surface area contributed by atoms with E-state index in [9.17, 15) is 9.18 Å². The van der Waals surface area contributed by atoms with E-state index in [-0.39, 0.29) is 11.7 Å². The van der Waals surface area contributed by atoms with Crippen molar-refractivity contribution in [2.24, 2.45) is 0 Å². The van der Waals surface area contributed by atoms with Gasteiger partial charge in [0.05, 0.1) is 19.7 Å². The van der Waals surface area contributed by atoms with Gasteiger partial charge in [0, 0.05) is 23.2 Å². The molecule has 0 saturated heterocycles. The molecule has 5 nitrogen and oxygen atoms in total. The van der Waals surface area contributed by atoms with Crippen LogP contribution in [0.2, 0.25) is 0 Å². The number of halogens is 1. The van der Waals surface area contributed by atoms with E-state index in [4.69, 9.17) is 9.47 Å². The minimum Gasteiger partial charge on any atom is -0.493 e. The van der Waals surface area contributed by atoms with Gasteiger partial charge < -0.3 is 19.8 Å². The second-order valence-corrected chi connectivity index (χ2v) is 5.97. The van der Waals surface area contributed by atoms with Crippen LogP contribution in [0.5, 0.6) is 11.5 Å². The molecule has 1 aromatic heterocycles. The largest absolute Gasteiger partial charge is 0.493 e. The minimum atomic E-state index is -0.272. The maximum atomic E-state index is 13.9. The Labute approximate surface area is 151 Å². The van der Waals surface area contributed by atoms with E-state index in [0.717, 1.165) is 16.6 Å². The standard InChI is InChI=1S/C20H21FN2O3/c1-12-14(15-5-4-6-16(21)19(15)23-12)9-10-22-20(24)13-7-8-17(25-2)18(11-13)26-3/h4-8,11,23H,9-10H2,1-3H3,(H,22,24). The van der Waals surface area contributed by atoms with Gasteiger partial charge in [0.15, 0.2) is 11.5 Å². The van der Waals surface area contributed by atoms with Gasteiger partial charge in [-0.05, 0) is 43.2 Å². The van der Waals surface area contributed by atoms with Crippen LogP contribution in [0, 0.1) is 12.7 Å². The predicted octanol–water partition coefficient (Wildman–Crippen LogP) is 3.61.